The number of hydrogen-bond acceptors (Lipinski definition) is 4. The zero-order chi connectivity index (χ0) is 13.2. The Labute approximate surface area is 113 Å². The van der Waals surface area contributed by atoms with Crippen LogP contribution in [-0.4, -0.2) is 10.1 Å². The van der Waals surface area contributed by atoms with Crippen LogP contribution in [0.2, 0.25) is 0 Å². The Kier molecular flexibility index (Phi) is 3.23. The van der Waals surface area contributed by atoms with Gasteiger partial charge in [-0.15, -0.1) is 0 Å². The summed E-state index contributed by atoms with van der Waals surface area (Å²) in [6, 6.07) is 11.7. The molecule has 1 heterocycles. The van der Waals surface area contributed by atoms with Crippen molar-refractivity contribution in [3.05, 3.63) is 53.8 Å². The van der Waals surface area contributed by atoms with Crippen LogP contribution in [0.25, 0.3) is 11.1 Å². The molecule has 19 heavy (non-hydrogen) atoms. The fourth-order valence-corrected chi connectivity index (χ4v) is 2.61. The van der Waals surface area contributed by atoms with E-state index in [1.165, 1.54) is 23.9 Å². The summed E-state index contributed by atoms with van der Waals surface area (Å²) in [5.41, 5.74) is 2.00. The van der Waals surface area contributed by atoms with E-state index >= 15 is 0 Å². The van der Waals surface area contributed by atoms with Gasteiger partial charge in [0.1, 0.15) is 11.3 Å². The van der Waals surface area contributed by atoms with Gasteiger partial charge in [-0.3, -0.25) is 0 Å². The summed E-state index contributed by atoms with van der Waals surface area (Å²) in [6.45, 7) is -0.222. The second-order valence-corrected chi connectivity index (χ2v) is 4.95. The van der Waals surface area contributed by atoms with Crippen LogP contribution in [0.15, 0.2) is 57.0 Å². The molecular formula is C14H10FNO2S. The van der Waals surface area contributed by atoms with Crippen LogP contribution in [-0.2, 0) is 6.61 Å². The summed E-state index contributed by atoms with van der Waals surface area (Å²) in [7, 11) is 0. The number of fused-ring (bicyclic) bond motifs is 1. The van der Waals surface area contributed by atoms with Crippen LogP contribution >= 0.6 is 11.8 Å². The number of aliphatic hydroxyl groups excluding tert-OH is 1. The summed E-state index contributed by atoms with van der Waals surface area (Å²) < 4.78 is 18.7. The number of oxazole rings is 1. The number of hydrogen-bond donors (Lipinski definition) is 1. The Hall–Kier alpha value is -1.85. The molecule has 1 N–H and O–H groups in total. The second-order valence-electron chi connectivity index (χ2n) is 3.96. The van der Waals surface area contributed by atoms with Gasteiger partial charge in [0.2, 0.25) is 0 Å². The normalized spacial score (nSPS) is 11.1. The smallest absolute Gasteiger partial charge is 0.261 e. The maximum Gasteiger partial charge on any atom is 0.261 e. The lowest BCUT2D eigenvalue weighted by atomic mass is 10.2. The van der Waals surface area contributed by atoms with Crippen LogP contribution < -0.4 is 0 Å². The van der Waals surface area contributed by atoms with Crippen molar-refractivity contribution in [1.82, 2.24) is 4.98 Å². The lowest BCUT2D eigenvalue weighted by Gasteiger charge is -2.04. The van der Waals surface area contributed by atoms with E-state index in [0.29, 0.717) is 16.4 Å². The fraction of sp³-hybridized carbons (Fsp3) is 0.0714. The Bertz CT molecular complexity index is 693. The van der Waals surface area contributed by atoms with Crippen molar-refractivity contribution in [2.24, 2.45) is 0 Å². The van der Waals surface area contributed by atoms with Gasteiger partial charge in [-0.2, -0.15) is 0 Å². The summed E-state index contributed by atoms with van der Waals surface area (Å²) in [6.07, 6.45) is 0. The van der Waals surface area contributed by atoms with E-state index in [1.54, 1.807) is 6.07 Å². The van der Waals surface area contributed by atoms with Crippen LogP contribution in [0.1, 0.15) is 5.56 Å². The van der Waals surface area contributed by atoms with Crippen molar-refractivity contribution in [2.75, 3.05) is 0 Å². The molecule has 0 saturated heterocycles. The van der Waals surface area contributed by atoms with E-state index in [4.69, 9.17) is 4.42 Å². The van der Waals surface area contributed by atoms with Gasteiger partial charge < -0.3 is 9.52 Å². The highest BCUT2D eigenvalue weighted by atomic mass is 32.2. The quantitative estimate of drug-likeness (QED) is 0.793. The molecule has 0 amide bonds. The molecule has 0 aliphatic rings. The lowest BCUT2D eigenvalue weighted by molar-refractivity contribution is 0.278. The zero-order valence-corrected chi connectivity index (χ0v) is 10.7. The molecule has 0 fully saturated rings. The Morgan fingerprint density at radius 3 is 2.84 bits per heavy atom. The number of para-hydroxylation sites is 2. The van der Waals surface area contributed by atoms with Crippen LogP contribution in [0.5, 0.6) is 0 Å². The van der Waals surface area contributed by atoms with Crippen molar-refractivity contribution in [1.29, 1.82) is 0 Å². The van der Waals surface area contributed by atoms with Gasteiger partial charge in [0.25, 0.3) is 5.22 Å². The second kappa shape index (κ2) is 5.03. The average Bonchev–Trinajstić information content (AvgIpc) is 2.83. The molecule has 3 rings (SSSR count). The van der Waals surface area contributed by atoms with Crippen molar-refractivity contribution in [3.63, 3.8) is 0 Å². The Balaban J connectivity index is 1.96. The first-order valence-corrected chi connectivity index (χ1v) is 6.50. The molecule has 0 spiro atoms. The van der Waals surface area contributed by atoms with Crippen molar-refractivity contribution in [2.45, 2.75) is 16.7 Å². The van der Waals surface area contributed by atoms with Gasteiger partial charge in [-0.1, -0.05) is 12.1 Å². The standard InChI is InChI=1S/C14H10FNO2S/c15-10-5-6-13(9(7-10)8-17)19-14-16-11-3-1-2-4-12(11)18-14/h1-7,17H,8H2. The highest BCUT2D eigenvalue weighted by molar-refractivity contribution is 7.99. The predicted molar refractivity (Wildman–Crippen MR) is 70.5 cm³/mol. The number of aliphatic hydroxyl groups is 1. The van der Waals surface area contributed by atoms with E-state index in [-0.39, 0.29) is 12.4 Å². The van der Waals surface area contributed by atoms with Crippen molar-refractivity contribution >= 4 is 22.9 Å². The summed E-state index contributed by atoms with van der Waals surface area (Å²) in [5, 5.41) is 9.70. The molecule has 96 valence electrons. The Morgan fingerprint density at radius 1 is 1.21 bits per heavy atom. The third-order valence-corrected chi connectivity index (χ3v) is 3.63. The fourth-order valence-electron chi connectivity index (χ4n) is 1.76. The maximum atomic E-state index is 13.1. The topological polar surface area (TPSA) is 46.3 Å². The van der Waals surface area contributed by atoms with Gasteiger partial charge in [-0.05, 0) is 47.7 Å². The SMILES string of the molecule is OCc1cc(F)ccc1Sc1nc2ccccc2o1. The summed E-state index contributed by atoms with van der Waals surface area (Å²) in [4.78, 5) is 5.06. The van der Waals surface area contributed by atoms with E-state index < -0.39 is 0 Å². The Morgan fingerprint density at radius 2 is 2.05 bits per heavy atom. The minimum Gasteiger partial charge on any atom is -0.431 e. The first-order valence-electron chi connectivity index (χ1n) is 5.69. The maximum absolute atomic E-state index is 13.1. The molecule has 0 saturated carbocycles. The molecule has 0 atom stereocenters. The zero-order valence-electron chi connectivity index (χ0n) is 9.84. The molecule has 0 unspecified atom stereocenters. The molecule has 3 nitrogen and oxygen atoms in total. The highest BCUT2D eigenvalue weighted by Gasteiger charge is 2.10. The van der Waals surface area contributed by atoms with E-state index in [2.05, 4.69) is 4.98 Å². The molecular weight excluding hydrogens is 265 g/mol. The molecule has 5 heteroatoms. The molecule has 0 bridgehead atoms. The summed E-state index contributed by atoms with van der Waals surface area (Å²) in [5.74, 6) is -0.369. The third kappa shape index (κ3) is 2.47. The molecule has 2 aromatic carbocycles. The average molecular weight is 275 g/mol. The van der Waals surface area contributed by atoms with Gasteiger partial charge in [-0.25, -0.2) is 9.37 Å². The first kappa shape index (κ1) is 12.2. The first-order chi connectivity index (χ1) is 9.26. The number of benzene rings is 2. The van der Waals surface area contributed by atoms with E-state index in [0.717, 1.165) is 10.4 Å². The molecule has 1 aromatic heterocycles. The van der Waals surface area contributed by atoms with Gasteiger partial charge in [0.05, 0.1) is 6.61 Å². The van der Waals surface area contributed by atoms with Crippen LogP contribution in [0, 0.1) is 5.82 Å². The number of rotatable bonds is 3. The largest absolute Gasteiger partial charge is 0.431 e. The third-order valence-electron chi connectivity index (χ3n) is 2.66. The van der Waals surface area contributed by atoms with Crippen molar-refractivity contribution < 1.29 is 13.9 Å². The van der Waals surface area contributed by atoms with Crippen molar-refractivity contribution in [3.8, 4) is 0 Å². The van der Waals surface area contributed by atoms with E-state index in [9.17, 15) is 9.50 Å². The molecule has 0 aliphatic heterocycles. The number of nitrogens with zero attached hydrogens (tertiary/aromatic N) is 1. The lowest BCUT2D eigenvalue weighted by Crippen LogP contribution is -1.89. The summed E-state index contributed by atoms with van der Waals surface area (Å²) >= 11 is 1.27. The van der Waals surface area contributed by atoms with Gasteiger partial charge in [0.15, 0.2) is 5.58 Å². The highest BCUT2D eigenvalue weighted by Crippen LogP contribution is 2.32. The van der Waals surface area contributed by atoms with Crippen LogP contribution in [0.3, 0.4) is 0 Å². The predicted octanol–water partition coefficient (Wildman–Crippen LogP) is 3.61. The minimum absolute atomic E-state index is 0.222. The number of aromatic nitrogens is 1. The number of halogens is 1. The molecule has 3 aromatic rings. The van der Waals surface area contributed by atoms with Gasteiger partial charge >= 0.3 is 0 Å². The van der Waals surface area contributed by atoms with Crippen LogP contribution in [0.4, 0.5) is 4.39 Å². The van der Waals surface area contributed by atoms with Gasteiger partial charge in [0, 0.05) is 4.90 Å². The monoisotopic (exact) mass is 275 g/mol. The molecule has 0 aliphatic carbocycles. The minimum atomic E-state index is -0.369. The molecule has 0 radical (unpaired) electrons. The van der Waals surface area contributed by atoms with E-state index in [1.807, 2.05) is 24.3 Å².